The van der Waals surface area contributed by atoms with E-state index in [0.717, 1.165) is 42.9 Å². The van der Waals surface area contributed by atoms with Gasteiger partial charge in [-0.2, -0.15) is 18.2 Å². The number of fused-ring (bicyclic) bond motifs is 2. The lowest BCUT2D eigenvalue weighted by Gasteiger charge is -2.28. The van der Waals surface area contributed by atoms with Crippen molar-refractivity contribution in [3.8, 4) is 17.1 Å². The summed E-state index contributed by atoms with van der Waals surface area (Å²) in [5.41, 5.74) is 3.75. The molecule has 2 aliphatic rings. The van der Waals surface area contributed by atoms with Crippen LogP contribution in [-0.4, -0.2) is 54.4 Å². The van der Waals surface area contributed by atoms with Crippen molar-refractivity contribution in [2.45, 2.75) is 76.0 Å². The summed E-state index contributed by atoms with van der Waals surface area (Å²) in [6, 6.07) is 15.9. The largest absolute Gasteiger partial charge is 0.478 e. The zero-order chi connectivity index (χ0) is 37.0. The van der Waals surface area contributed by atoms with Gasteiger partial charge in [-0.05, 0) is 106 Å². The fourth-order valence-corrected chi connectivity index (χ4v) is 7.52. The number of rotatable bonds is 14. The number of anilines is 1. The van der Waals surface area contributed by atoms with Crippen molar-refractivity contribution < 1.29 is 27.8 Å². The van der Waals surface area contributed by atoms with E-state index in [1.54, 1.807) is 31.4 Å². The number of nitrogens with one attached hydrogen (secondary N) is 2. The first-order chi connectivity index (χ1) is 24.6. The number of ether oxygens (including phenoxy) is 1. The van der Waals surface area contributed by atoms with E-state index in [1.807, 2.05) is 38.1 Å². The van der Waals surface area contributed by atoms with Crippen LogP contribution >= 0.6 is 11.9 Å². The summed E-state index contributed by atoms with van der Waals surface area (Å²) in [6.45, 7) is 7.05. The number of benzene rings is 2. The highest BCUT2D eigenvalue weighted by Crippen LogP contribution is 2.77. The Balaban J connectivity index is 1.11. The van der Waals surface area contributed by atoms with Crippen LogP contribution < -0.4 is 14.8 Å². The molecule has 3 aromatic heterocycles. The van der Waals surface area contributed by atoms with Crippen molar-refractivity contribution in [2.75, 3.05) is 11.3 Å². The van der Waals surface area contributed by atoms with E-state index < -0.39 is 17.6 Å². The maximum Gasteiger partial charge on any atom is 0.399 e. The molecule has 0 amide bonds. The minimum atomic E-state index is -4.43. The highest BCUT2D eigenvalue weighted by atomic mass is 32.2. The third kappa shape index (κ3) is 7.18. The minimum Gasteiger partial charge on any atom is -0.478 e. The van der Waals surface area contributed by atoms with Gasteiger partial charge < -0.3 is 19.7 Å². The van der Waals surface area contributed by atoms with Crippen LogP contribution in [0.1, 0.15) is 66.0 Å². The number of aromatic nitrogens is 5. The second kappa shape index (κ2) is 13.4. The van der Waals surface area contributed by atoms with E-state index in [0.29, 0.717) is 57.8 Å². The van der Waals surface area contributed by atoms with Crippen molar-refractivity contribution in [3.05, 3.63) is 88.9 Å². The van der Waals surface area contributed by atoms with Gasteiger partial charge in [-0.1, -0.05) is 24.3 Å². The van der Waals surface area contributed by atoms with Crippen molar-refractivity contribution >= 4 is 35.0 Å². The van der Waals surface area contributed by atoms with Crippen LogP contribution in [0.15, 0.2) is 65.7 Å². The predicted molar refractivity (Wildman–Crippen MR) is 193 cm³/mol. The topological polar surface area (TPSA) is 127 Å². The maximum absolute atomic E-state index is 13.9. The van der Waals surface area contributed by atoms with Crippen LogP contribution in [0.4, 0.5) is 19.1 Å². The molecular formula is C38H40F3N7O3S. The first kappa shape index (κ1) is 35.7. The molecule has 52 heavy (non-hydrogen) atoms. The monoisotopic (exact) mass is 731 g/mol. The number of carbonyl (C=O) groups is 1. The number of hydrogen-bond donors (Lipinski definition) is 3. The van der Waals surface area contributed by atoms with Gasteiger partial charge in [-0.3, -0.25) is 9.71 Å². The normalized spacial score (nSPS) is 18.6. The standard InChI is InChI=1S/C38H40F3N7O3S/c1-21-8-6-9-22(2)32(21)28-14-31(46-35(45-28)47-52-27-11-7-10-23(12-27)34(49)50)51-20-25(17-37-15-24(37)16-37)42-18-26-19-43-29-13-30(48(5)33(29)44-26)36(3,4)38(39,40)41/h6-14,19,24-25,42H,15-18,20H2,1-5H3,(H,49,50)(H,45,46,47). The summed E-state index contributed by atoms with van der Waals surface area (Å²) < 4.78 is 52.6. The Morgan fingerprint density at radius 2 is 1.79 bits per heavy atom. The first-order valence-corrected chi connectivity index (χ1v) is 17.9. The Morgan fingerprint density at radius 1 is 1.08 bits per heavy atom. The molecule has 2 fully saturated rings. The average molecular weight is 732 g/mol. The molecule has 1 atom stereocenters. The minimum absolute atomic E-state index is 0.0544. The molecule has 2 aromatic carbocycles. The summed E-state index contributed by atoms with van der Waals surface area (Å²) in [7, 11) is 1.59. The second-order valence-electron chi connectivity index (χ2n) is 14.6. The van der Waals surface area contributed by atoms with Crippen LogP contribution in [-0.2, 0) is 19.0 Å². The van der Waals surface area contributed by atoms with Gasteiger partial charge in [0.1, 0.15) is 17.5 Å². The number of carboxylic acids is 1. The molecule has 0 aliphatic heterocycles. The molecule has 2 aliphatic carbocycles. The maximum atomic E-state index is 13.9. The highest BCUT2D eigenvalue weighted by Gasteiger charge is 2.69. The molecule has 0 saturated heterocycles. The molecular weight excluding hydrogens is 692 g/mol. The Bertz CT molecular complexity index is 2140. The molecule has 7 rings (SSSR count). The fraction of sp³-hybridized carbons (Fsp3) is 0.395. The predicted octanol–water partition coefficient (Wildman–Crippen LogP) is 8.04. The average Bonchev–Trinajstić information content (AvgIpc) is 3.93. The molecule has 5 aromatic rings. The van der Waals surface area contributed by atoms with Gasteiger partial charge in [0, 0.05) is 41.9 Å². The third-order valence-electron chi connectivity index (χ3n) is 10.4. The molecule has 0 spiro atoms. The van der Waals surface area contributed by atoms with Crippen molar-refractivity contribution in [2.24, 2.45) is 18.4 Å². The molecule has 3 N–H and O–H groups in total. The van der Waals surface area contributed by atoms with Crippen LogP contribution in [0.2, 0.25) is 0 Å². The lowest BCUT2D eigenvalue weighted by atomic mass is 9.88. The first-order valence-electron chi connectivity index (χ1n) is 17.1. The number of halogens is 3. The van der Waals surface area contributed by atoms with E-state index >= 15 is 0 Å². The molecule has 0 bridgehead atoms. The van der Waals surface area contributed by atoms with E-state index in [4.69, 9.17) is 14.7 Å². The van der Waals surface area contributed by atoms with Crippen LogP contribution in [0.25, 0.3) is 22.4 Å². The molecule has 2 saturated carbocycles. The fourth-order valence-electron chi connectivity index (χ4n) is 6.88. The zero-order valence-corrected chi connectivity index (χ0v) is 30.3. The third-order valence-corrected chi connectivity index (χ3v) is 11.2. The van der Waals surface area contributed by atoms with Crippen molar-refractivity contribution in [1.29, 1.82) is 0 Å². The van der Waals surface area contributed by atoms with Gasteiger partial charge in [0.05, 0.1) is 23.1 Å². The molecule has 0 radical (unpaired) electrons. The number of alkyl halides is 3. The summed E-state index contributed by atoms with van der Waals surface area (Å²) in [6.07, 6.45) is 0.503. The van der Waals surface area contributed by atoms with E-state index in [-0.39, 0.29) is 17.3 Å². The number of nitrogens with zero attached hydrogens (tertiary/aromatic N) is 5. The van der Waals surface area contributed by atoms with Crippen LogP contribution in [0.3, 0.4) is 0 Å². The highest BCUT2D eigenvalue weighted by molar-refractivity contribution is 8.00. The number of aryl methyl sites for hydroxylation is 3. The number of carboxylic acid groups (broad SMARTS) is 1. The van der Waals surface area contributed by atoms with Gasteiger partial charge >= 0.3 is 12.1 Å². The van der Waals surface area contributed by atoms with Crippen LogP contribution in [0, 0.1) is 25.2 Å². The van der Waals surface area contributed by atoms with Gasteiger partial charge in [0.25, 0.3) is 0 Å². The van der Waals surface area contributed by atoms with Gasteiger partial charge in [0.15, 0.2) is 5.65 Å². The van der Waals surface area contributed by atoms with Gasteiger partial charge in [-0.15, -0.1) is 0 Å². The Morgan fingerprint density at radius 3 is 2.46 bits per heavy atom. The van der Waals surface area contributed by atoms with E-state index in [9.17, 15) is 23.1 Å². The summed E-state index contributed by atoms with van der Waals surface area (Å²) in [4.78, 5) is 30.8. The molecule has 14 heteroatoms. The quantitative estimate of drug-likeness (QED) is 0.0967. The number of hydrogen-bond acceptors (Lipinski definition) is 9. The Kier molecular flexibility index (Phi) is 9.18. The Hall–Kier alpha value is -4.69. The SMILES string of the molecule is Cc1cccc(C)c1-c1cc(OCC(CC23CC2C3)NCc2cnc3cc(C(C)(C)C(F)(F)F)n(C)c3n2)nc(NSc2cccc(C(=O)O)c2)n1. The van der Waals surface area contributed by atoms with Gasteiger partial charge in [-0.25, -0.2) is 14.8 Å². The molecule has 3 heterocycles. The lowest BCUT2D eigenvalue weighted by Crippen LogP contribution is -2.38. The molecule has 1 unspecified atom stereocenters. The van der Waals surface area contributed by atoms with E-state index in [2.05, 4.69) is 20.0 Å². The van der Waals surface area contributed by atoms with E-state index in [1.165, 1.54) is 41.5 Å². The van der Waals surface area contributed by atoms with Crippen molar-refractivity contribution in [1.82, 2.24) is 29.8 Å². The number of aromatic carboxylic acids is 1. The second-order valence-corrected chi connectivity index (χ2v) is 15.4. The van der Waals surface area contributed by atoms with Gasteiger partial charge in [0.2, 0.25) is 11.8 Å². The smallest absolute Gasteiger partial charge is 0.399 e. The lowest BCUT2D eigenvalue weighted by molar-refractivity contribution is -0.181. The molecule has 10 nitrogen and oxygen atoms in total. The zero-order valence-electron chi connectivity index (χ0n) is 29.5. The summed E-state index contributed by atoms with van der Waals surface area (Å²) in [5.74, 6) is 0.443. The summed E-state index contributed by atoms with van der Waals surface area (Å²) in [5, 5.41) is 13.0. The summed E-state index contributed by atoms with van der Waals surface area (Å²) >= 11 is 1.21. The van der Waals surface area contributed by atoms with Crippen LogP contribution in [0.5, 0.6) is 5.88 Å². The Labute approximate surface area is 303 Å². The van der Waals surface area contributed by atoms with Crippen molar-refractivity contribution in [3.63, 3.8) is 0 Å². The molecule has 272 valence electrons.